The number of carbonyl (C=O) groups excluding carboxylic acids is 7. The fraction of sp³-hybridized carbons (Fsp3) is 0.483. The molecule has 1 aliphatic heterocycles. The number of nitrogens with one attached hydrogen (secondary N) is 2. The number of hydrogen-bond donors (Lipinski definition) is 4. The van der Waals surface area contributed by atoms with Gasteiger partial charge >= 0.3 is 30.1 Å². The van der Waals surface area contributed by atoms with E-state index in [4.69, 9.17) is 33.2 Å². The van der Waals surface area contributed by atoms with E-state index in [1.165, 1.54) is 19.1 Å². The van der Waals surface area contributed by atoms with Gasteiger partial charge in [0.2, 0.25) is 17.7 Å². The predicted octanol–water partition coefficient (Wildman–Crippen LogP) is 6.97. The summed E-state index contributed by atoms with van der Waals surface area (Å²) >= 11 is 0. The molecule has 1 saturated heterocycles. The number of fused-ring (bicyclic) bond motifs is 8. The van der Waals surface area contributed by atoms with E-state index in [-0.39, 0.29) is 43.3 Å². The Morgan fingerprint density at radius 2 is 1.42 bits per heavy atom. The summed E-state index contributed by atoms with van der Waals surface area (Å²) in [6.07, 6.45) is -10.2. The molecule has 2 bridgehead atoms. The number of hydrogen-bond acceptors (Lipinski definition) is 16. The monoisotopic (exact) mass is 1070 g/mol. The minimum absolute atomic E-state index is 0.0641. The molecule has 0 aromatic heterocycles. The quantitative estimate of drug-likeness (QED) is 0.0566. The molecule has 2 amide bonds. The van der Waals surface area contributed by atoms with E-state index in [0.717, 1.165) is 22.3 Å². The number of alkyl carbamates (subject to hydrolysis) is 2. The summed E-state index contributed by atoms with van der Waals surface area (Å²) < 4.78 is 42.5. The summed E-state index contributed by atoms with van der Waals surface area (Å²) in [6, 6.07) is 30.1. The van der Waals surface area contributed by atoms with Crippen molar-refractivity contribution in [3.63, 3.8) is 0 Å². The highest BCUT2D eigenvalue weighted by atomic mass is 16.6. The van der Waals surface area contributed by atoms with E-state index in [0.29, 0.717) is 0 Å². The van der Waals surface area contributed by atoms with Gasteiger partial charge in [-0.05, 0) is 74.6 Å². The number of Topliss-reactive ketones (excluding diaryl/α,β-unsaturated/α-hetero) is 2. The molecule has 4 aromatic carbocycles. The minimum Gasteiger partial charge on any atom is -0.459 e. The molecular weight excluding hydrogens is 1000 g/mol. The fourth-order valence-electron chi connectivity index (χ4n) is 13.0. The van der Waals surface area contributed by atoms with Crippen LogP contribution in [0.4, 0.5) is 9.59 Å². The van der Waals surface area contributed by atoms with Gasteiger partial charge in [0.05, 0.1) is 29.8 Å². The average molecular weight is 1070 g/mol. The molecule has 78 heavy (non-hydrogen) atoms. The smallest absolute Gasteiger partial charge is 0.408 e. The first kappa shape index (κ1) is 55.8. The van der Waals surface area contributed by atoms with Crippen LogP contribution in [0.5, 0.6) is 0 Å². The van der Waals surface area contributed by atoms with Crippen molar-refractivity contribution in [3.05, 3.63) is 131 Å². The highest BCUT2D eigenvalue weighted by molar-refractivity contribution is 6.40. The first-order chi connectivity index (χ1) is 37.0. The van der Waals surface area contributed by atoms with Gasteiger partial charge in [-0.15, -0.1) is 0 Å². The van der Waals surface area contributed by atoms with Gasteiger partial charge < -0.3 is 54.0 Å². The Kier molecular flexibility index (Phi) is 15.3. The van der Waals surface area contributed by atoms with Crippen LogP contribution in [0.25, 0.3) is 11.1 Å². The van der Waals surface area contributed by atoms with E-state index < -0.39 is 137 Å². The number of benzene rings is 4. The second-order valence-electron chi connectivity index (χ2n) is 22.9. The Hall–Kier alpha value is -6.99. The van der Waals surface area contributed by atoms with Crippen molar-refractivity contribution in [1.29, 1.82) is 0 Å². The van der Waals surface area contributed by atoms with Crippen LogP contribution >= 0.6 is 0 Å². The average Bonchev–Trinajstić information content (AvgIpc) is 3.60. The molecular formula is C60H68N2O16. The number of ketones is 2. The maximum Gasteiger partial charge on any atom is 0.408 e. The van der Waals surface area contributed by atoms with E-state index in [1.807, 2.05) is 48.5 Å². The van der Waals surface area contributed by atoms with Crippen LogP contribution in [0, 0.1) is 28.6 Å². The molecule has 4 aromatic rings. The summed E-state index contributed by atoms with van der Waals surface area (Å²) in [5.41, 5.74) is -4.16. The molecule has 0 spiro atoms. The van der Waals surface area contributed by atoms with Crippen molar-refractivity contribution in [2.75, 3.05) is 26.4 Å². The summed E-state index contributed by atoms with van der Waals surface area (Å²) in [4.78, 5) is 101. The topological polar surface area (TPSA) is 249 Å². The maximum absolute atomic E-state index is 15.3. The molecule has 414 valence electrons. The second-order valence-corrected chi connectivity index (χ2v) is 22.9. The van der Waals surface area contributed by atoms with Gasteiger partial charge in [0.1, 0.15) is 48.2 Å². The molecule has 18 heteroatoms. The second kappa shape index (κ2) is 21.3. The summed E-state index contributed by atoms with van der Waals surface area (Å²) in [7, 11) is 0. The summed E-state index contributed by atoms with van der Waals surface area (Å²) in [6.45, 7) is 11.8. The molecule has 4 aliphatic carbocycles. The zero-order valence-electron chi connectivity index (χ0n) is 45.0. The number of aliphatic hydroxyl groups excluding tert-OH is 1. The lowest BCUT2D eigenvalue weighted by Gasteiger charge is -2.68. The summed E-state index contributed by atoms with van der Waals surface area (Å²) in [5, 5.41) is 31.0. The highest BCUT2D eigenvalue weighted by Gasteiger charge is 2.78. The Morgan fingerprint density at radius 3 is 2.01 bits per heavy atom. The molecule has 3 saturated carbocycles. The molecule has 4 N–H and O–H groups in total. The Bertz CT molecular complexity index is 2910. The first-order valence-electron chi connectivity index (χ1n) is 26.5. The molecule has 1 heterocycles. The van der Waals surface area contributed by atoms with Crippen LogP contribution in [0.15, 0.2) is 109 Å². The van der Waals surface area contributed by atoms with Gasteiger partial charge in [-0.25, -0.2) is 19.2 Å². The standard InChI is InChI=1S/C60H68N2O16/c1-9-74-59-32-73-43(59)28-42(63)58(8)49(59)51(77-52(67)35-22-14-11-15-23-35)60(71)29-41(33(2)45(57(60,6)7)47(65)50(58)66)75-53(68)48(46(34-20-12-10-13-21-34)62-55(70)78-56(3,4)5)76-44(64)30-61-54(69)72-31-40-38-26-18-16-24-36(38)37-25-17-19-27-39(37)40/h10-27,33,40-43,45-46,48-49,51,63,71H,9,28-32H2,1-8H3,(H,61,69)(H,62,70)/t33?,41-,42-,43+,45?,46-,48+,49?,51-,58+,59-,60+/m0/s1. The normalized spacial score (nSPS) is 29.4. The Balaban J connectivity index is 1.05. The molecule has 18 nitrogen and oxygen atoms in total. The van der Waals surface area contributed by atoms with Crippen molar-refractivity contribution < 1.29 is 76.9 Å². The van der Waals surface area contributed by atoms with Crippen molar-refractivity contribution in [2.45, 2.75) is 128 Å². The first-order valence-corrected chi connectivity index (χ1v) is 26.5. The number of esters is 3. The fourth-order valence-corrected chi connectivity index (χ4v) is 13.0. The third kappa shape index (κ3) is 9.85. The molecule has 5 aliphatic rings. The van der Waals surface area contributed by atoms with E-state index in [1.54, 1.807) is 97.0 Å². The van der Waals surface area contributed by atoms with Gasteiger partial charge in [-0.2, -0.15) is 0 Å². The molecule has 4 fully saturated rings. The SMILES string of the molecule is CCO[C@@]12CO[C@@H]1C[C@H](O)[C@@]1(C)C(=O)C(=O)C3C(C)[C@@H](OC(=O)[C@H](OC(=O)CNC(=O)OCC4c5ccccc5-c5ccccc54)[C@@H](NC(=O)OC(C)(C)C)c4ccccc4)C[C@@](O)([C@@H](OC(=O)c4ccccc4)C12)C3(C)C. The molecule has 3 unspecified atom stereocenters. The van der Waals surface area contributed by atoms with Gasteiger partial charge in [0.25, 0.3) is 0 Å². The van der Waals surface area contributed by atoms with Crippen LogP contribution in [0.3, 0.4) is 0 Å². The van der Waals surface area contributed by atoms with Crippen molar-refractivity contribution in [2.24, 2.45) is 28.6 Å². The number of rotatable bonds is 14. The predicted molar refractivity (Wildman–Crippen MR) is 279 cm³/mol. The largest absolute Gasteiger partial charge is 0.459 e. The van der Waals surface area contributed by atoms with Crippen LogP contribution in [0.2, 0.25) is 0 Å². The lowest BCUT2D eigenvalue weighted by molar-refractivity contribution is -0.359. The van der Waals surface area contributed by atoms with Crippen LogP contribution in [-0.4, -0.2) is 126 Å². The van der Waals surface area contributed by atoms with Crippen LogP contribution in [0.1, 0.15) is 107 Å². The van der Waals surface area contributed by atoms with Crippen LogP contribution in [-0.2, 0) is 52.3 Å². The zero-order chi connectivity index (χ0) is 56.1. The number of aliphatic hydroxyl groups is 2. The van der Waals surface area contributed by atoms with Gasteiger partial charge in [-0.3, -0.25) is 14.4 Å². The van der Waals surface area contributed by atoms with Crippen molar-refractivity contribution >= 4 is 41.7 Å². The third-order valence-electron chi connectivity index (χ3n) is 16.9. The van der Waals surface area contributed by atoms with Crippen molar-refractivity contribution in [1.82, 2.24) is 10.6 Å². The van der Waals surface area contributed by atoms with Crippen LogP contribution < -0.4 is 10.6 Å². The lowest BCUT2D eigenvalue weighted by atomic mass is 9.42. The number of ether oxygens (including phenoxy) is 7. The van der Waals surface area contributed by atoms with Gasteiger partial charge in [-0.1, -0.05) is 118 Å². The molecule has 12 atom stereocenters. The zero-order valence-corrected chi connectivity index (χ0v) is 45.0. The number of amides is 2. The lowest BCUT2D eigenvalue weighted by Crippen LogP contribution is -2.82. The van der Waals surface area contributed by atoms with Gasteiger partial charge in [0.15, 0.2) is 0 Å². The molecule has 0 radical (unpaired) electrons. The maximum atomic E-state index is 15.3. The highest BCUT2D eigenvalue weighted by Crippen LogP contribution is 2.64. The third-order valence-corrected chi connectivity index (χ3v) is 16.9. The van der Waals surface area contributed by atoms with Crippen molar-refractivity contribution in [3.8, 4) is 11.1 Å². The Morgan fingerprint density at radius 1 is 0.821 bits per heavy atom. The number of carbonyl (C=O) groups is 7. The summed E-state index contributed by atoms with van der Waals surface area (Å²) in [5.74, 6) is -9.49. The van der Waals surface area contributed by atoms with E-state index in [2.05, 4.69) is 10.6 Å². The molecule has 9 rings (SSSR count). The van der Waals surface area contributed by atoms with E-state index >= 15 is 14.4 Å². The van der Waals surface area contributed by atoms with E-state index in [9.17, 15) is 29.4 Å². The Labute approximate surface area is 452 Å². The minimum atomic E-state index is -2.37. The van der Waals surface area contributed by atoms with Gasteiger partial charge in [0, 0.05) is 48.5 Å².